The number of aliphatic hydroxyl groups excluding tert-OH is 1. The summed E-state index contributed by atoms with van der Waals surface area (Å²) in [7, 11) is 1.90. The molecule has 208 valence electrons. The summed E-state index contributed by atoms with van der Waals surface area (Å²) in [5.74, 6) is -4.14. The predicted molar refractivity (Wildman–Crippen MR) is 131 cm³/mol. The molecule has 3 aromatic heterocycles. The Hall–Kier alpha value is -4.01. The molecule has 0 fully saturated rings. The zero-order valence-corrected chi connectivity index (χ0v) is 21.4. The highest BCUT2D eigenvalue weighted by Crippen LogP contribution is 2.16. The minimum atomic E-state index is -2.74. The molecule has 14 heteroatoms. The second-order valence-electron chi connectivity index (χ2n) is 9.01. The Bertz CT molecular complexity index is 1190. The van der Waals surface area contributed by atoms with Crippen molar-refractivity contribution in [2.45, 2.75) is 58.0 Å². The first-order valence-electron chi connectivity index (χ1n) is 11.6. The number of hydrogen-bond acceptors (Lipinski definition) is 9. The summed E-state index contributed by atoms with van der Waals surface area (Å²) in [6.45, 7) is 6.29. The molecule has 0 aliphatic rings. The number of aliphatic hydroxyl groups is 2. The first-order valence-corrected chi connectivity index (χ1v) is 11.6. The van der Waals surface area contributed by atoms with Crippen molar-refractivity contribution in [3.05, 3.63) is 59.6 Å². The minimum Gasteiger partial charge on any atom is -0.481 e. The molecule has 0 saturated heterocycles. The van der Waals surface area contributed by atoms with Crippen LogP contribution in [-0.2, 0) is 41.1 Å². The van der Waals surface area contributed by atoms with Crippen molar-refractivity contribution in [2.75, 3.05) is 6.54 Å². The minimum absolute atomic E-state index is 0.474. The highest BCUT2D eigenvalue weighted by molar-refractivity contribution is 5.88. The molecule has 38 heavy (non-hydrogen) atoms. The zero-order chi connectivity index (χ0) is 28.5. The van der Waals surface area contributed by atoms with Gasteiger partial charge in [0, 0.05) is 37.6 Å². The van der Waals surface area contributed by atoms with E-state index < -0.39 is 42.5 Å². The summed E-state index contributed by atoms with van der Waals surface area (Å²) in [6.07, 6.45) is 2.70. The molecular formula is C24H33N5O9. The molecule has 3 rings (SSSR count). The van der Waals surface area contributed by atoms with Crippen molar-refractivity contribution < 1.29 is 44.3 Å². The van der Waals surface area contributed by atoms with Gasteiger partial charge < -0.3 is 29.9 Å². The predicted octanol–water partition coefficient (Wildman–Crippen LogP) is 0.641. The van der Waals surface area contributed by atoms with E-state index in [1.807, 2.05) is 56.2 Å². The maximum absolute atomic E-state index is 10.6. The highest BCUT2D eigenvalue weighted by atomic mass is 16.4. The van der Waals surface area contributed by atoms with Crippen LogP contribution < -0.4 is 0 Å². The smallest absolute Gasteiger partial charge is 0.336 e. The molecule has 1 atom stereocenters. The number of nitrogens with zero attached hydrogens (tertiary/aromatic N) is 5. The monoisotopic (exact) mass is 535 g/mol. The van der Waals surface area contributed by atoms with Crippen molar-refractivity contribution in [1.82, 2.24) is 24.5 Å². The van der Waals surface area contributed by atoms with E-state index in [2.05, 4.69) is 15.1 Å². The summed E-state index contributed by atoms with van der Waals surface area (Å²) in [4.78, 5) is 32.6. The number of carbonyl (C=O) groups is 3. The number of carboxylic acids is 3. The fraction of sp³-hybridized carbons (Fsp3) is 0.458. The summed E-state index contributed by atoms with van der Waals surface area (Å²) in [5.41, 5.74) is 0.388. The Morgan fingerprint density at radius 2 is 1.79 bits per heavy atom. The van der Waals surface area contributed by atoms with E-state index in [1.165, 1.54) is 0 Å². The molecule has 3 heterocycles. The van der Waals surface area contributed by atoms with Crippen LogP contribution in [0.4, 0.5) is 0 Å². The van der Waals surface area contributed by atoms with E-state index in [-0.39, 0.29) is 0 Å². The fourth-order valence-corrected chi connectivity index (χ4v) is 3.75. The fourth-order valence-electron chi connectivity index (χ4n) is 3.75. The molecule has 0 aliphatic carbocycles. The largest absolute Gasteiger partial charge is 0.481 e. The molecule has 0 spiro atoms. The van der Waals surface area contributed by atoms with Crippen molar-refractivity contribution in [2.24, 2.45) is 7.05 Å². The quantitative estimate of drug-likeness (QED) is 0.204. The van der Waals surface area contributed by atoms with E-state index in [0.29, 0.717) is 26.2 Å². The topological polar surface area (TPSA) is 204 Å². The standard InChI is InChI=1S/C18H25N5O2.C6H8O7/c1-14-7-15(2)23(20-14)12-17(24)11-22(13-18-5-4-6-25-18)10-16-8-19-21(3)9-16;7-3(8)1-6(13,5(11)12)2-4(9)10/h4-9,17,24H,10-13H2,1-3H3;13H,1-2H2,(H,7,8)(H,9,10)(H,11,12). The van der Waals surface area contributed by atoms with Gasteiger partial charge in [0.1, 0.15) is 5.76 Å². The Balaban J connectivity index is 0.000000332. The molecule has 5 N–H and O–H groups in total. The number of rotatable bonds is 13. The van der Waals surface area contributed by atoms with Crippen LogP contribution in [0.25, 0.3) is 0 Å². The lowest BCUT2D eigenvalue weighted by molar-refractivity contribution is -0.170. The van der Waals surface area contributed by atoms with Gasteiger partial charge in [-0.15, -0.1) is 0 Å². The Morgan fingerprint density at radius 3 is 2.24 bits per heavy atom. The van der Waals surface area contributed by atoms with Gasteiger partial charge in [-0.2, -0.15) is 10.2 Å². The van der Waals surface area contributed by atoms with E-state index in [1.54, 1.807) is 10.9 Å². The van der Waals surface area contributed by atoms with Gasteiger partial charge >= 0.3 is 17.9 Å². The summed E-state index contributed by atoms with van der Waals surface area (Å²) in [5, 5.41) is 53.0. The number of aromatic nitrogens is 4. The summed E-state index contributed by atoms with van der Waals surface area (Å²) < 4.78 is 9.11. The van der Waals surface area contributed by atoms with E-state index >= 15 is 0 Å². The van der Waals surface area contributed by atoms with E-state index in [4.69, 9.17) is 24.8 Å². The Morgan fingerprint density at radius 1 is 1.13 bits per heavy atom. The Kier molecular flexibility index (Phi) is 10.7. The maximum atomic E-state index is 10.6. The first kappa shape index (κ1) is 30.2. The van der Waals surface area contributed by atoms with Gasteiger partial charge in [0.15, 0.2) is 5.60 Å². The molecular weight excluding hydrogens is 502 g/mol. The molecule has 0 amide bonds. The van der Waals surface area contributed by atoms with Gasteiger partial charge in [0.25, 0.3) is 0 Å². The van der Waals surface area contributed by atoms with Crippen LogP contribution >= 0.6 is 0 Å². The van der Waals surface area contributed by atoms with Crippen LogP contribution in [0.3, 0.4) is 0 Å². The van der Waals surface area contributed by atoms with Crippen LogP contribution in [0.2, 0.25) is 0 Å². The summed E-state index contributed by atoms with van der Waals surface area (Å²) in [6, 6.07) is 5.84. The van der Waals surface area contributed by atoms with Gasteiger partial charge in [0.05, 0.1) is 50.2 Å². The van der Waals surface area contributed by atoms with Gasteiger partial charge in [-0.1, -0.05) is 0 Å². The van der Waals surface area contributed by atoms with Gasteiger partial charge in [-0.3, -0.25) is 23.9 Å². The Labute approximate surface area is 218 Å². The number of aryl methyl sites for hydroxylation is 3. The van der Waals surface area contributed by atoms with E-state index in [0.717, 1.165) is 22.7 Å². The number of hydrogen-bond donors (Lipinski definition) is 5. The van der Waals surface area contributed by atoms with Gasteiger partial charge in [-0.25, -0.2) is 4.79 Å². The lowest BCUT2D eigenvalue weighted by Gasteiger charge is -2.24. The lowest BCUT2D eigenvalue weighted by atomic mass is 9.96. The average Bonchev–Trinajstić information content (AvgIpc) is 3.50. The number of aliphatic carboxylic acids is 3. The molecule has 1 unspecified atom stereocenters. The highest BCUT2D eigenvalue weighted by Gasteiger charge is 2.40. The first-order chi connectivity index (χ1) is 17.8. The average molecular weight is 536 g/mol. The lowest BCUT2D eigenvalue weighted by Crippen LogP contribution is -2.42. The summed E-state index contributed by atoms with van der Waals surface area (Å²) >= 11 is 0. The molecule has 3 aromatic rings. The van der Waals surface area contributed by atoms with Crippen LogP contribution in [0.1, 0.15) is 35.6 Å². The van der Waals surface area contributed by atoms with Crippen molar-refractivity contribution in [3.8, 4) is 0 Å². The van der Waals surface area contributed by atoms with Crippen LogP contribution in [0.5, 0.6) is 0 Å². The molecule has 14 nitrogen and oxygen atoms in total. The SMILES string of the molecule is Cc1cc(C)n(CC(O)CN(Cc2cnn(C)c2)Cc2ccco2)n1.O=C(O)CC(O)(CC(=O)O)C(=O)O. The van der Waals surface area contributed by atoms with Crippen molar-refractivity contribution >= 4 is 17.9 Å². The normalized spacial score (nSPS) is 12.2. The number of furan rings is 1. The van der Waals surface area contributed by atoms with E-state index in [9.17, 15) is 19.5 Å². The third-order valence-corrected chi connectivity index (χ3v) is 5.37. The van der Waals surface area contributed by atoms with Crippen LogP contribution in [0, 0.1) is 13.8 Å². The van der Waals surface area contributed by atoms with Crippen molar-refractivity contribution in [1.29, 1.82) is 0 Å². The van der Waals surface area contributed by atoms with Crippen molar-refractivity contribution in [3.63, 3.8) is 0 Å². The van der Waals surface area contributed by atoms with Crippen LogP contribution in [-0.4, -0.2) is 86.2 Å². The maximum Gasteiger partial charge on any atom is 0.336 e. The molecule has 0 saturated carbocycles. The third kappa shape index (κ3) is 9.80. The molecule has 0 bridgehead atoms. The van der Waals surface area contributed by atoms with Gasteiger partial charge in [-0.05, 0) is 32.0 Å². The zero-order valence-electron chi connectivity index (χ0n) is 21.4. The molecule has 0 aliphatic heterocycles. The molecule has 0 aromatic carbocycles. The third-order valence-electron chi connectivity index (χ3n) is 5.37. The second kappa shape index (κ2) is 13.5. The molecule has 0 radical (unpaired) electrons. The van der Waals surface area contributed by atoms with Crippen LogP contribution in [0.15, 0.2) is 41.3 Å². The van der Waals surface area contributed by atoms with Gasteiger partial charge in [0.2, 0.25) is 0 Å². The second-order valence-corrected chi connectivity index (χ2v) is 9.01. The number of carboxylic acid groups (broad SMARTS) is 3.